The van der Waals surface area contributed by atoms with Gasteiger partial charge in [-0.15, -0.1) is 6.42 Å². The zero-order valence-electron chi connectivity index (χ0n) is 9.73. The lowest BCUT2D eigenvalue weighted by atomic mass is 10.1. The first kappa shape index (κ1) is 11.5. The highest BCUT2D eigenvalue weighted by Crippen LogP contribution is 2.30. The predicted molar refractivity (Wildman–Crippen MR) is 68.3 cm³/mol. The summed E-state index contributed by atoms with van der Waals surface area (Å²) in [6, 6.07) is 6.96. The van der Waals surface area contributed by atoms with Crippen LogP contribution in [0.1, 0.15) is 23.2 Å². The van der Waals surface area contributed by atoms with Crippen molar-refractivity contribution >= 4 is 11.6 Å². The Morgan fingerprint density at radius 3 is 2.59 bits per heavy atom. The molecule has 0 saturated heterocycles. The van der Waals surface area contributed by atoms with Crippen LogP contribution in [0.25, 0.3) is 0 Å². The summed E-state index contributed by atoms with van der Waals surface area (Å²) >= 11 is 0. The number of benzene rings is 1. The van der Waals surface area contributed by atoms with Gasteiger partial charge in [0.05, 0.1) is 6.54 Å². The molecule has 17 heavy (non-hydrogen) atoms. The van der Waals surface area contributed by atoms with Gasteiger partial charge in [-0.25, -0.2) is 0 Å². The Kier molecular flexibility index (Phi) is 3.34. The summed E-state index contributed by atoms with van der Waals surface area (Å²) < 4.78 is 0. The number of rotatable bonds is 4. The SMILES string of the molecule is C#CCN(CC1CC1)C(=O)c1ccc(N)cc1. The number of nitrogen functional groups attached to an aromatic ring is 1. The fourth-order valence-electron chi connectivity index (χ4n) is 1.75. The molecule has 0 aliphatic heterocycles. The Bertz CT molecular complexity index is 440. The number of hydrogen-bond donors (Lipinski definition) is 1. The van der Waals surface area contributed by atoms with E-state index in [0.29, 0.717) is 23.7 Å². The van der Waals surface area contributed by atoms with Gasteiger partial charge in [-0.2, -0.15) is 0 Å². The van der Waals surface area contributed by atoms with Crippen LogP contribution in [-0.2, 0) is 0 Å². The van der Waals surface area contributed by atoms with Gasteiger partial charge in [-0.3, -0.25) is 4.79 Å². The Hall–Kier alpha value is -1.95. The third-order valence-electron chi connectivity index (χ3n) is 2.90. The van der Waals surface area contributed by atoms with Crippen LogP contribution >= 0.6 is 0 Å². The maximum absolute atomic E-state index is 12.2. The Morgan fingerprint density at radius 2 is 2.06 bits per heavy atom. The van der Waals surface area contributed by atoms with E-state index in [1.54, 1.807) is 29.2 Å². The van der Waals surface area contributed by atoms with Crippen LogP contribution < -0.4 is 5.73 Å². The Balaban J connectivity index is 2.09. The van der Waals surface area contributed by atoms with Crippen molar-refractivity contribution in [3.63, 3.8) is 0 Å². The lowest BCUT2D eigenvalue weighted by molar-refractivity contribution is 0.0770. The van der Waals surface area contributed by atoms with E-state index in [0.717, 1.165) is 6.54 Å². The summed E-state index contributed by atoms with van der Waals surface area (Å²) in [6.45, 7) is 1.15. The number of carbonyl (C=O) groups excluding carboxylic acids is 1. The highest BCUT2D eigenvalue weighted by Gasteiger charge is 2.26. The predicted octanol–water partition coefficient (Wildman–Crippen LogP) is 1.75. The topological polar surface area (TPSA) is 46.3 Å². The summed E-state index contributed by atoms with van der Waals surface area (Å²) in [4.78, 5) is 13.9. The Morgan fingerprint density at radius 1 is 1.41 bits per heavy atom. The van der Waals surface area contributed by atoms with Crippen LogP contribution in [0.3, 0.4) is 0 Å². The van der Waals surface area contributed by atoms with Gasteiger partial charge in [0.1, 0.15) is 0 Å². The van der Waals surface area contributed by atoms with E-state index < -0.39 is 0 Å². The highest BCUT2D eigenvalue weighted by atomic mass is 16.2. The molecule has 0 radical (unpaired) electrons. The molecule has 2 N–H and O–H groups in total. The molecule has 1 fully saturated rings. The molecule has 3 nitrogen and oxygen atoms in total. The minimum atomic E-state index is -0.00477. The molecule has 1 amide bonds. The van der Waals surface area contributed by atoms with E-state index in [2.05, 4.69) is 5.92 Å². The largest absolute Gasteiger partial charge is 0.399 e. The summed E-state index contributed by atoms with van der Waals surface area (Å²) in [7, 11) is 0. The molecule has 0 heterocycles. The van der Waals surface area contributed by atoms with Gasteiger partial charge in [-0.05, 0) is 43.0 Å². The second-order valence-corrected chi connectivity index (χ2v) is 4.46. The van der Waals surface area contributed by atoms with Crippen molar-refractivity contribution < 1.29 is 4.79 Å². The van der Waals surface area contributed by atoms with Crippen molar-refractivity contribution in [2.24, 2.45) is 5.92 Å². The lowest BCUT2D eigenvalue weighted by Gasteiger charge is -2.20. The fourth-order valence-corrected chi connectivity index (χ4v) is 1.75. The number of hydrogen-bond acceptors (Lipinski definition) is 2. The second-order valence-electron chi connectivity index (χ2n) is 4.46. The minimum absolute atomic E-state index is 0.00477. The maximum Gasteiger partial charge on any atom is 0.254 e. The number of terminal acetylenes is 1. The zero-order chi connectivity index (χ0) is 12.3. The normalized spacial score (nSPS) is 14.1. The number of nitrogens with two attached hydrogens (primary N) is 1. The molecule has 3 heteroatoms. The first-order chi connectivity index (χ1) is 8.20. The number of nitrogens with zero attached hydrogens (tertiary/aromatic N) is 1. The molecule has 88 valence electrons. The van der Waals surface area contributed by atoms with Crippen LogP contribution in [0.4, 0.5) is 5.69 Å². The van der Waals surface area contributed by atoms with E-state index in [-0.39, 0.29) is 5.91 Å². The molecular weight excluding hydrogens is 212 g/mol. The van der Waals surface area contributed by atoms with Gasteiger partial charge >= 0.3 is 0 Å². The summed E-state index contributed by atoms with van der Waals surface area (Å²) in [5.74, 6) is 3.18. The maximum atomic E-state index is 12.2. The number of amides is 1. The zero-order valence-corrected chi connectivity index (χ0v) is 9.73. The van der Waals surface area contributed by atoms with Crippen molar-refractivity contribution in [3.8, 4) is 12.3 Å². The highest BCUT2D eigenvalue weighted by molar-refractivity contribution is 5.94. The smallest absolute Gasteiger partial charge is 0.254 e. The van der Waals surface area contributed by atoms with Crippen molar-refractivity contribution in [1.82, 2.24) is 4.90 Å². The molecule has 0 bridgehead atoms. The second kappa shape index (κ2) is 4.92. The first-order valence-electron chi connectivity index (χ1n) is 5.79. The quantitative estimate of drug-likeness (QED) is 0.630. The lowest BCUT2D eigenvalue weighted by Crippen LogP contribution is -2.33. The van der Waals surface area contributed by atoms with Crippen LogP contribution in [0.5, 0.6) is 0 Å². The van der Waals surface area contributed by atoms with Gasteiger partial charge in [-0.1, -0.05) is 5.92 Å². The average molecular weight is 228 g/mol. The fraction of sp³-hybridized carbons (Fsp3) is 0.357. The number of anilines is 1. The molecule has 2 rings (SSSR count). The first-order valence-corrected chi connectivity index (χ1v) is 5.79. The van der Waals surface area contributed by atoms with E-state index in [1.807, 2.05) is 0 Å². The van der Waals surface area contributed by atoms with E-state index >= 15 is 0 Å². The summed E-state index contributed by atoms with van der Waals surface area (Å²) in [6.07, 6.45) is 7.71. The van der Waals surface area contributed by atoms with Crippen molar-refractivity contribution in [1.29, 1.82) is 0 Å². The van der Waals surface area contributed by atoms with Crippen LogP contribution in [0.2, 0.25) is 0 Å². The van der Waals surface area contributed by atoms with Crippen molar-refractivity contribution in [2.45, 2.75) is 12.8 Å². The van der Waals surface area contributed by atoms with E-state index in [4.69, 9.17) is 12.2 Å². The molecule has 1 saturated carbocycles. The van der Waals surface area contributed by atoms with Crippen LogP contribution in [0, 0.1) is 18.3 Å². The monoisotopic (exact) mass is 228 g/mol. The van der Waals surface area contributed by atoms with Crippen LogP contribution in [-0.4, -0.2) is 23.9 Å². The number of carbonyl (C=O) groups is 1. The molecule has 0 unspecified atom stereocenters. The van der Waals surface area contributed by atoms with Gasteiger partial charge in [0, 0.05) is 17.8 Å². The molecular formula is C14H16N2O. The summed E-state index contributed by atoms with van der Waals surface area (Å²) in [5.41, 5.74) is 6.90. The molecule has 1 aliphatic carbocycles. The molecule has 1 aromatic carbocycles. The van der Waals surface area contributed by atoms with Crippen molar-refractivity contribution in [2.75, 3.05) is 18.8 Å². The van der Waals surface area contributed by atoms with Gasteiger partial charge < -0.3 is 10.6 Å². The minimum Gasteiger partial charge on any atom is -0.399 e. The molecule has 1 aromatic rings. The third-order valence-corrected chi connectivity index (χ3v) is 2.90. The van der Waals surface area contributed by atoms with Crippen molar-refractivity contribution in [3.05, 3.63) is 29.8 Å². The molecule has 1 aliphatic rings. The average Bonchev–Trinajstić information content (AvgIpc) is 3.13. The van der Waals surface area contributed by atoms with Gasteiger partial charge in [0.25, 0.3) is 5.91 Å². The van der Waals surface area contributed by atoms with E-state index in [1.165, 1.54) is 12.8 Å². The van der Waals surface area contributed by atoms with Gasteiger partial charge in [0.15, 0.2) is 0 Å². The standard InChI is InChI=1S/C14H16N2O/c1-2-9-16(10-11-3-4-11)14(17)12-5-7-13(15)8-6-12/h1,5-8,11H,3-4,9-10,15H2. The Labute approximate surface area is 102 Å². The van der Waals surface area contributed by atoms with Crippen LogP contribution in [0.15, 0.2) is 24.3 Å². The molecule has 0 atom stereocenters. The summed E-state index contributed by atoms with van der Waals surface area (Å²) in [5, 5.41) is 0. The van der Waals surface area contributed by atoms with E-state index in [9.17, 15) is 4.79 Å². The van der Waals surface area contributed by atoms with Gasteiger partial charge in [0.2, 0.25) is 0 Å². The molecule has 0 aromatic heterocycles. The molecule has 0 spiro atoms. The third kappa shape index (κ3) is 3.01.